The van der Waals surface area contributed by atoms with E-state index in [2.05, 4.69) is 0 Å². The van der Waals surface area contributed by atoms with Crippen LogP contribution in [0.4, 0.5) is 79.0 Å². The van der Waals surface area contributed by atoms with Crippen LogP contribution in [-0.2, 0) is 20.0 Å². The first-order valence-electron chi connectivity index (χ1n) is 14.4. The van der Waals surface area contributed by atoms with Crippen molar-refractivity contribution in [3.05, 3.63) is 72.8 Å². The fourth-order valence-electron chi connectivity index (χ4n) is 4.64. The first kappa shape index (κ1) is 48.4. The van der Waals surface area contributed by atoms with Gasteiger partial charge in [0.15, 0.2) is 0 Å². The van der Waals surface area contributed by atoms with Crippen molar-refractivity contribution in [2.24, 2.45) is 0 Å². The van der Waals surface area contributed by atoms with Gasteiger partial charge in [0.2, 0.25) is 0 Å². The van der Waals surface area contributed by atoms with E-state index in [0.29, 0.717) is 36.4 Å². The Balaban J connectivity index is 2.91. The van der Waals surface area contributed by atoms with Crippen molar-refractivity contribution in [2.45, 2.75) is 61.2 Å². The lowest BCUT2D eigenvalue weighted by Crippen LogP contribution is -2.69. The van der Waals surface area contributed by atoms with Gasteiger partial charge in [0.25, 0.3) is 0 Å². The molecule has 3 rings (SSSR count). The highest BCUT2D eigenvalue weighted by Crippen LogP contribution is 2.75. The number of hydrogen-bond acceptors (Lipinski definition) is 7. The minimum atomic E-state index is -9.35. The van der Waals surface area contributed by atoms with Gasteiger partial charge in [-0.05, 0) is 75.9 Å². The van der Waals surface area contributed by atoms with E-state index in [-0.39, 0.29) is 36.4 Å². The third-order valence-electron chi connectivity index (χ3n) is 7.70. The Hall–Kier alpha value is -3.99. The maximum absolute atomic E-state index is 15.9. The van der Waals surface area contributed by atoms with E-state index < -0.39 is 112 Å². The predicted molar refractivity (Wildman–Crippen MR) is 163 cm³/mol. The van der Waals surface area contributed by atoms with E-state index in [1.807, 2.05) is 0 Å². The van der Waals surface area contributed by atoms with E-state index in [1.54, 1.807) is 0 Å². The van der Waals surface area contributed by atoms with Crippen molar-refractivity contribution in [2.75, 3.05) is 21.3 Å². The molecule has 8 nitrogen and oxygen atoms in total. The smallest absolute Gasteiger partial charge is 0.460 e. The summed E-state index contributed by atoms with van der Waals surface area (Å²) in [7, 11) is -22.3. The van der Waals surface area contributed by atoms with Gasteiger partial charge in [-0.3, -0.25) is 0 Å². The molecule has 0 saturated heterocycles. The van der Waals surface area contributed by atoms with Crippen molar-refractivity contribution < 1.29 is 110 Å². The number of halogens is 18. The molecule has 0 amide bonds. The standard InChI is InChI=1S/C29H21F18NO7S3/c1-53-16-4-10-19(11-5-16)56(20-12-6-17(54-2)7-13-20,21-14-8-18(55-3)9-15-21)48(57(49,50)28(44,45)24(34,35)22(30,31)26(38,39)40)58(51,52)29(46,47)25(36,37)23(32,33)27(41,42)43/h4-15H,1-3H3. The topological polar surface area (TPSA) is 99.2 Å². The molecule has 3 aromatic carbocycles. The summed E-state index contributed by atoms with van der Waals surface area (Å²) >= 11 is 0. The third-order valence-corrected chi connectivity index (χ3v) is 17.3. The number of hydrogen-bond donors (Lipinski definition) is 0. The Morgan fingerprint density at radius 2 is 0.586 bits per heavy atom. The zero-order valence-electron chi connectivity index (χ0n) is 28.3. The normalized spacial score (nSPS) is 15.0. The highest BCUT2D eigenvalue weighted by molar-refractivity contribution is 8.41. The lowest BCUT2D eigenvalue weighted by Gasteiger charge is -2.50. The number of methoxy groups -OCH3 is 3. The maximum atomic E-state index is 15.9. The summed E-state index contributed by atoms with van der Waals surface area (Å²) in [5.74, 6) is -35.1. The van der Waals surface area contributed by atoms with E-state index in [0.717, 1.165) is 21.3 Å². The average Bonchev–Trinajstić information content (AvgIpc) is 3.12. The predicted octanol–water partition coefficient (Wildman–Crippen LogP) is 9.72. The number of ether oxygens (including phenoxy) is 3. The quantitative estimate of drug-likeness (QED) is 0.140. The Morgan fingerprint density at radius 1 is 0.379 bits per heavy atom. The van der Waals surface area contributed by atoms with E-state index in [4.69, 9.17) is 14.2 Å². The van der Waals surface area contributed by atoms with Crippen LogP contribution < -0.4 is 14.2 Å². The van der Waals surface area contributed by atoms with Gasteiger partial charge >= 0.3 is 66.6 Å². The zero-order chi connectivity index (χ0) is 45.1. The highest BCUT2D eigenvalue weighted by Gasteiger charge is 2.90. The van der Waals surface area contributed by atoms with E-state index in [9.17, 15) is 60.7 Å². The van der Waals surface area contributed by atoms with Crippen LogP contribution in [0.25, 0.3) is 0 Å². The number of benzene rings is 3. The van der Waals surface area contributed by atoms with Gasteiger partial charge in [-0.1, -0.05) is 10.2 Å². The zero-order valence-corrected chi connectivity index (χ0v) is 30.7. The van der Waals surface area contributed by atoms with Crippen LogP contribution in [0.3, 0.4) is 0 Å². The van der Waals surface area contributed by atoms with Crippen LogP contribution in [-0.4, -0.2) is 87.8 Å². The molecule has 0 aliphatic carbocycles. The first-order chi connectivity index (χ1) is 26.0. The fraction of sp³-hybridized carbons (Fsp3) is 0.379. The third kappa shape index (κ3) is 6.90. The van der Waals surface area contributed by atoms with Crippen molar-refractivity contribution in [1.82, 2.24) is 3.12 Å². The second-order valence-electron chi connectivity index (χ2n) is 11.1. The molecular weight excluding hydrogens is 912 g/mol. The molecule has 0 radical (unpaired) electrons. The number of rotatable bonds is 15. The van der Waals surface area contributed by atoms with Crippen LogP contribution in [0.1, 0.15) is 0 Å². The van der Waals surface area contributed by atoms with Gasteiger partial charge in [-0.2, -0.15) is 79.0 Å². The first-order valence-corrected chi connectivity index (χ1v) is 18.9. The van der Waals surface area contributed by atoms with Crippen LogP contribution >= 0.6 is 10.2 Å². The van der Waals surface area contributed by atoms with Crippen LogP contribution in [0.5, 0.6) is 17.2 Å². The lowest BCUT2D eigenvalue weighted by atomic mass is 10.1. The molecule has 0 spiro atoms. The van der Waals surface area contributed by atoms with Crippen molar-refractivity contribution >= 4 is 30.3 Å². The summed E-state index contributed by atoms with van der Waals surface area (Å²) in [5, 5.41) is -17.0. The molecule has 29 heteroatoms. The molecule has 0 aliphatic rings. The van der Waals surface area contributed by atoms with Gasteiger partial charge < -0.3 is 14.2 Å². The molecule has 0 bridgehead atoms. The molecule has 0 N–H and O–H groups in total. The highest BCUT2D eigenvalue weighted by atomic mass is 32.4. The molecular formula is C29H21F18NO7S3. The van der Waals surface area contributed by atoms with Crippen LogP contribution in [0.2, 0.25) is 0 Å². The second kappa shape index (κ2) is 14.9. The molecule has 0 atom stereocenters. The average molecular weight is 934 g/mol. The molecule has 58 heavy (non-hydrogen) atoms. The summed E-state index contributed by atoms with van der Waals surface area (Å²) < 4.78 is 327. The summed E-state index contributed by atoms with van der Waals surface area (Å²) in [6.07, 6.45) is -15.9. The minimum absolute atomic E-state index is 0.280. The van der Waals surface area contributed by atoms with E-state index >= 15 is 35.1 Å². The van der Waals surface area contributed by atoms with Gasteiger partial charge in [-0.25, -0.2) is 16.8 Å². The molecule has 3 aromatic rings. The van der Waals surface area contributed by atoms with Gasteiger partial charge in [0.1, 0.15) is 17.2 Å². The molecule has 0 aliphatic heterocycles. The maximum Gasteiger partial charge on any atom is 0.460 e. The largest absolute Gasteiger partial charge is 0.497 e. The SMILES string of the molecule is COc1ccc(S(c2ccc(OC)cc2)(c2ccc(OC)cc2)N(S(=O)(=O)C(F)(F)C(F)(F)C(F)(F)C(F)(F)F)S(=O)(=O)C(F)(F)C(F)(F)C(F)(F)C(F)(F)F)cc1. The van der Waals surface area contributed by atoms with Crippen molar-refractivity contribution in [1.29, 1.82) is 0 Å². The Kier molecular flexibility index (Phi) is 12.5. The molecule has 0 heterocycles. The van der Waals surface area contributed by atoms with Crippen molar-refractivity contribution in [3.63, 3.8) is 0 Å². The summed E-state index contributed by atoms with van der Waals surface area (Å²) in [6.45, 7) is 0. The molecule has 0 aromatic heterocycles. The number of sulfonamides is 2. The van der Waals surface area contributed by atoms with Gasteiger partial charge in [-0.15, -0.1) is 0 Å². The Bertz CT molecular complexity index is 1970. The molecule has 0 unspecified atom stereocenters. The fourth-order valence-corrected chi connectivity index (χ4v) is 14.9. The van der Waals surface area contributed by atoms with Gasteiger partial charge in [0, 0.05) is 14.7 Å². The molecule has 0 fully saturated rings. The Labute approximate surface area is 315 Å². The monoisotopic (exact) mass is 933 g/mol. The summed E-state index contributed by atoms with van der Waals surface area (Å²) in [5.41, 5.74) is 0. The minimum Gasteiger partial charge on any atom is -0.497 e. The lowest BCUT2D eigenvalue weighted by molar-refractivity contribution is -0.382. The van der Waals surface area contributed by atoms with Crippen LogP contribution in [0, 0.1) is 0 Å². The molecule has 0 saturated carbocycles. The van der Waals surface area contributed by atoms with Gasteiger partial charge in [0.05, 0.1) is 21.3 Å². The molecule has 328 valence electrons. The number of alkyl halides is 18. The second-order valence-corrected chi connectivity index (χ2v) is 18.4. The Morgan fingerprint density at radius 3 is 0.759 bits per heavy atom. The van der Waals surface area contributed by atoms with Crippen LogP contribution in [0.15, 0.2) is 87.5 Å². The van der Waals surface area contributed by atoms with E-state index in [1.165, 1.54) is 0 Å². The summed E-state index contributed by atoms with van der Waals surface area (Å²) in [4.78, 5) is -4.46. The number of nitrogens with zero attached hydrogens (tertiary/aromatic N) is 1. The summed E-state index contributed by atoms with van der Waals surface area (Å²) in [6, 6.07) is 4.99. The van der Waals surface area contributed by atoms with Crippen molar-refractivity contribution in [3.8, 4) is 17.2 Å².